The lowest BCUT2D eigenvalue weighted by atomic mass is 10.2. The number of hydrogen-bond acceptors (Lipinski definition) is 8. The molecule has 0 aromatic carbocycles. The number of amides is 2. The maximum absolute atomic E-state index is 14.0. The van der Waals surface area contributed by atoms with Gasteiger partial charge in [0.25, 0.3) is 11.8 Å². The highest BCUT2D eigenvalue weighted by Crippen LogP contribution is 2.35. The number of nitrogens with zero attached hydrogens (tertiary/aromatic N) is 5. The van der Waals surface area contributed by atoms with Crippen LogP contribution in [0.3, 0.4) is 0 Å². The molecule has 0 unspecified atom stereocenters. The van der Waals surface area contributed by atoms with Crippen molar-refractivity contribution in [3.8, 4) is 0 Å². The zero-order valence-electron chi connectivity index (χ0n) is 18.8. The van der Waals surface area contributed by atoms with E-state index >= 15 is 0 Å². The van der Waals surface area contributed by atoms with Crippen LogP contribution in [0.15, 0.2) is 54.7 Å². The van der Waals surface area contributed by atoms with Gasteiger partial charge in [-0.3, -0.25) is 9.59 Å². The SMILES string of the molecule is C=C(C(F)=N/C=C\C)c1cc(C(=O)NCc2ncc(C(=O)Nc3cc(C(F)(F)F)c(Cl)cn3)s2)ncn1. The van der Waals surface area contributed by atoms with E-state index in [1.165, 1.54) is 24.5 Å². The number of aliphatic imine (C=N–C) groups is 1. The summed E-state index contributed by atoms with van der Waals surface area (Å²) < 4.78 is 53.0. The lowest BCUT2D eigenvalue weighted by Gasteiger charge is -2.10. The normalized spacial score (nSPS) is 12.0. The number of halogens is 5. The summed E-state index contributed by atoms with van der Waals surface area (Å²) in [7, 11) is 0. The van der Waals surface area contributed by atoms with Crippen LogP contribution in [0.25, 0.3) is 5.57 Å². The topological polar surface area (TPSA) is 122 Å². The van der Waals surface area contributed by atoms with Gasteiger partial charge in [-0.2, -0.15) is 17.6 Å². The number of anilines is 1. The fraction of sp³-hybridized carbons (Fsp3) is 0.136. The molecular formula is C22H16ClF4N7O2S. The van der Waals surface area contributed by atoms with Crippen LogP contribution in [0.4, 0.5) is 23.4 Å². The first-order valence-electron chi connectivity index (χ1n) is 10.1. The van der Waals surface area contributed by atoms with Gasteiger partial charge in [0.2, 0.25) is 5.97 Å². The fourth-order valence-electron chi connectivity index (χ4n) is 2.62. The number of carbonyl (C=O) groups is 2. The first-order valence-corrected chi connectivity index (χ1v) is 11.3. The number of thiazole rings is 1. The monoisotopic (exact) mass is 553 g/mol. The number of carbonyl (C=O) groups excluding carboxylic acids is 2. The molecular weight excluding hydrogens is 538 g/mol. The Hall–Kier alpha value is -4.04. The van der Waals surface area contributed by atoms with Crippen molar-refractivity contribution < 1.29 is 27.2 Å². The highest BCUT2D eigenvalue weighted by atomic mass is 35.5. The van der Waals surface area contributed by atoms with E-state index in [0.717, 1.165) is 23.9 Å². The standard InChI is InChI=1S/C22H16ClF4N7O2S/c1-3-4-28-19(24)11(2)14-6-15(33-10-32-14)20(35)31-9-18-30-8-16(37-18)21(36)34-17-5-12(22(25,26)27)13(23)7-29-17/h3-8,10H,2,9H2,1H3,(H,31,35)(H,29,34,36)/b4-3-,28-19?. The first kappa shape index (κ1) is 27.5. The summed E-state index contributed by atoms with van der Waals surface area (Å²) in [6.07, 6.45) is 1.09. The summed E-state index contributed by atoms with van der Waals surface area (Å²) in [5, 5.41) is 4.51. The van der Waals surface area contributed by atoms with E-state index in [0.29, 0.717) is 11.1 Å². The molecule has 0 radical (unpaired) electrons. The maximum atomic E-state index is 14.0. The number of rotatable bonds is 8. The Morgan fingerprint density at radius 1 is 1.14 bits per heavy atom. The van der Waals surface area contributed by atoms with Crippen molar-refractivity contribution in [2.45, 2.75) is 19.6 Å². The van der Waals surface area contributed by atoms with Gasteiger partial charge in [-0.15, -0.1) is 11.3 Å². The summed E-state index contributed by atoms with van der Waals surface area (Å²) >= 11 is 6.42. The number of aromatic nitrogens is 4. The Labute approximate surface area is 216 Å². The lowest BCUT2D eigenvalue weighted by molar-refractivity contribution is -0.137. The van der Waals surface area contributed by atoms with Gasteiger partial charge in [-0.1, -0.05) is 24.3 Å². The van der Waals surface area contributed by atoms with E-state index in [2.05, 4.69) is 42.1 Å². The quantitative estimate of drug-likeness (QED) is 0.296. The van der Waals surface area contributed by atoms with E-state index in [-0.39, 0.29) is 34.2 Å². The molecule has 192 valence electrons. The van der Waals surface area contributed by atoms with E-state index < -0.39 is 34.5 Å². The van der Waals surface area contributed by atoms with Crippen molar-refractivity contribution in [1.29, 1.82) is 0 Å². The van der Waals surface area contributed by atoms with Gasteiger partial charge in [0.1, 0.15) is 27.7 Å². The van der Waals surface area contributed by atoms with Crippen molar-refractivity contribution in [2.24, 2.45) is 4.99 Å². The molecule has 3 aromatic rings. The minimum Gasteiger partial charge on any atom is -0.344 e. The van der Waals surface area contributed by atoms with Crippen LogP contribution in [0.5, 0.6) is 0 Å². The molecule has 2 N–H and O–H groups in total. The molecule has 0 bridgehead atoms. The third-order valence-electron chi connectivity index (χ3n) is 4.37. The molecule has 0 spiro atoms. The number of pyridine rings is 1. The van der Waals surface area contributed by atoms with E-state index in [9.17, 15) is 27.2 Å². The van der Waals surface area contributed by atoms with Gasteiger partial charge in [0.05, 0.1) is 29.0 Å². The molecule has 3 rings (SSSR count). The zero-order chi connectivity index (χ0) is 27.2. The second kappa shape index (κ2) is 11.8. The van der Waals surface area contributed by atoms with Crippen molar-refractivity contribution in [3.05, 3.63) is 81.6 Å². The number of alkyl halides is 3. The van der Waals surface area contributed by atoms with Crippen LogP contribution < -0.4 is 10.6 Å². The second-order valence-electron chi connectivity index (χ2n) is 6.97. The largest absolute Gasteiger partial charge is 0.418 e. The third-order valence-corrected chi connectivity index (χ3v) is 5.67. The molecule has 0 atom stereocenters. The van der Waals surface area contributed by atoms with Crippen LogP contribution in [-0.2, 0) is 12.7 Å². The van der Waals surface area contributed by atoms with Crippen LogP contribution in [0.1, 0.15) is 43.3 Å². The average molecular weight is 554 g/mol. The highest BCUT2D eigenvalue weighted by molar-refractivity contribution is 7.13. The average Bonchev–Trinajstić information content (AvgIpc) is 3.35. The molecule has 3 heterocycles. The predicted molar refractivity (Wildman–Crippen MR) is 130 cm³/mol. The highest BCUT2D eigenvalue weighted by Gasteiger charge is 2.34. The van der Waals surface area contributed by atoms with Crippen molar-refractivity contribution in [1.82, 2.24) is 25.3 Å². The van der Waals surface area contributed by atoms with Gasteiger partial charge in [-0.25, -0.2) is 24.9 Å². The Bertz CT molecular complexity index is 1410. The second-order valence-corrected chi connectivity index (χ2v) is 8.49. The Balaban J connectivity index is 1.63. The van der Waals surface area contributed by atoms with E-state index in [4.69, 9.17) is 11.6 Å². The lowest BCUT2D eigenvalue weighted by Crippen LogP contribution is -2.24. The van der Waals surface area contributed by atoms with Crippen LogP contribution in [-0.4, -0.2) is 37.7 Å². The molecule has 0 aliphatic carbocycles. The van der Waals surface area contributed by atoms with Crippen molar-refractivity contribution in [2.75, 3.05) is 5.32 Å². The van der Waals surface area contributed by atoms with Crippen LogP contribution in [0, 0.1) is 0 Å². The molecule has 37 heavy (non-hydrogen) atoms. The van der Waals surface area contributed by atoms with Gasteiger partial charge in [0, 0.05) is 18.0 Å². The summed E-state index contributed by atoms with van der Waals surface area (Å²) in [6, 6.07) is 1.85. The molecule has 0 aliphatic rings. The van der Waals surface area contributed by atoms with Gasteiger partial charge in [0.15, 0.2) is 0 Å². The number of nitrogens with one attached hydrogen (secondary N) is 2. The number of hydrogen-bond donors (Lipinski definition) is 2. The smallest absolute Gasteiger partial charge is 0.344 e. The summed E-state index contributed by atoms with van der Waals surface area (Å²) in [5.41, 5.74) is -1.29. The first-order chi connectivity index (χ1) is 17.5. The predicted octanol–water partition coefficient (Wildman–Crippen LogP) is 5.10. The van der Waals surface area contributed by atoms with Crippen molar-refractivity contribution >= 4 is 52.1 Å². The molecule has 15 heteroatoms. The Morgan fingerprint density at radius 3 is 2.57 bits per heavy atom. The van der Waals surface area contributed by atoms with Gasteiger partial charge >= 0.3 is 6.18 Å². The third kappa shape index (κ3) is 7.24. The summed E-state index contributed by atoms with van der Waals surface area (Å²) in [4.78, 5) is 43.9. The van der Waals surface area contributed by atoms with Crippen LogP contribution >= 0.6 is 22.9 Å². The molecule has 0 fully saturated rings. The van der Waals surface area contributed by atoms with Gasteiger partial charge in [-0.05, 0) is 19.1 Å². The molecule has 3 aromatic heterocycles. The number of allylic oxidation sites excluding steroid dienone is 2. The van der Waals surface area contributed by atoms with Crippen molar-refractivity contribution in [3.63, 3.8) is 0 Å². The molecule has 2 amide bonds. The van der Waals surface area contributed by atoms with Crippen LogP contribution in [0.2, 0.25) is 5.02 Å². The Morgan fingerprint density at radius 2 is 1.86 bits per heavy atom. The molecule has 0 saturated heterocycles. The minimum absolute atomic E-state index is 0.0589. The zero-order valence-corrected chi connectivity index (χ0v) is 20.4. The Kier molecular flexibility index (Phi) is 8.78. The maximum Gasteiger partial charge on any atom is 0.418 e. The molecule has 0 saturated carbocycles. The minimum atomic E-state index is -4.72. The van der Waals surface area contributed by atoms with Gasteiger partial charge < -0.3 is 10.6 Å². The summed E-state index contributed by atoms with van der Waals surface area (Å²) in [6.45, 7) is 5.14. The molecule has 9 nitrogen and oxygen atoms in total. The molecule has 0 aliphatic heterocycles. The van der Waals surface area contributed by atoms with E-state index in [1.54, 1.807) is 6.92 Å². The van der Waals surface area contributed by atoms with E-state index in [1.807, 2.05) is 0 Å². The summed E-state index contributed by atoms with van der Waals surface area (Å²) in [5.74, 6) is -2.61. The fourth-order valence-corrected chi connectivity index (χ4v) is 3.58.